The van der Waals surface area contributed by atoms with Crippen molar-refractivity contribution in [3.05, 3.63) is 28.6 Å². The lowest BCUT2D eigenvalue weighted by atomic mass is 10.3. The number of aromatic nitrogens is 2. The molecule has 3 nitrogen and oxygen atoms in total. The van der Waals surface area contributed by atoms with Crippen molar-refractivity contribution in [2.75, 3.05) is 13.7 Å². The Morgan fingerprint density at radius 3 is 3.00 bits per heavy atom. The predicted octanol–water partition coefficient (Wildman–Crippen LogP) is 2.99. The Balaban J connectivity index is 2.49. The third-order valence-corrected chi connectivity index (χ3v) is 2.71. The van der Waals surface area contributed by atoms with Gasteiger partial charge in [-0.25, -0.2) is 4.98 Å². The second-order valence-corrected chi connectivity index (χ2v) is 3.92. The molecular formula is C10H10Cl2N2O. The van der Waals surface area contributed by atoms with Crippen LogP contribution in [0.1, 0.15) is 0 Å². The number of hydrogen-bond acceptors (Lipinski definition) is 2. The predicted molar refractivity (Wildman–Crippen MR) is 61.6 cm³/mol. The number of ether oxygens (including phenoxy) is 1. The highest BCUT2D eigenvalue weighted by molar-refractivity contribution is 6.36. The fraction of sp³-hybridized carbons (Fsp3) is 0.300. The summed E-state index contributed by atoms with van der Waals surface area (Å²) in [5, 5.41) is 1.76. The van der Waals surface area contributed by atoms with E-state index in [0.29, 0.717) is 16.9 Å². The molecular weight excluding hydrogens is 235 g/mol. The number of hydrogen-bond donors (Lipinski definition) is 0. The van der Waals surface area contributed by atoms with Crippen LogP contribution in [0.25, 0.3) is 10.9 Å². The molecule has 0 aliphatic rings. The molecule has 0 saturated carbocycles. The van der Waals surface area contributed by atoms with Gasteiger partial charge in [0.25, 0.3) is 0 Å². The molecule has 2 heterocycles. The first kappa shape index (κ1) is 10.7. The van der Waals surface area contributed by atoms with E-state index in [4.69, 9.17) is 27.9 Å². The van der Waals surface area contributed by atoms with Crippen molar-refractivity contribution in [3.63, 3.8) is 0 Å². The van der Waals surface area contributed by atoms with Crippen LogP contribution in [0.5, 0.6) is 0 Å². The number of pyridine rings is 1. The summed E-state index contributed by atoms with van der Waals surface area (Å²) in [7, 11) is 1.67. The second kappa shape index (κ2) is 4.39. The molecule has 0 amide bonds. The Morgan fingerprint density at radius 1 is 1.47 bits per heavy atom. The maximum absolute atomic E-state index is 5.97. The summed E-state index contributed by atoms with van der Waals surface area (Å²) in [5.41, 5.74) is 0.983. The van der Waals surface area contributed by atoms with E-state index in [0.717, 1.165) is 17.4 Å². The van der Waals surface area contributed by atoms with Crippen LogP contribution in [0.15, 0.2) is 18.3 Å². The van der Waals surface area contributed by atoms with Crippen molar-refractivity contribution >= 4 is 34.1 Å². The average Bonchev–Trinajstić information content (AvgIpc) is 2.58. The van der Waals surface area contributed by atoms with Crippen LogP contribution in [0.2, 0.25) is 10.3 Å². The van der Waals surface area contributed by atoms with Gasteiger partial charge in [-0.2, -0.15) is 0 Å². The van der Waals surface area contributed by atoms with Gasteiger partial charge in [0.1, 0.15) is 10.3 Å². The van der Waals surface area contributed by atoms with Gasteiger partial charge in [0.2, 0.25) is 0 Å². The number of nitrogens with zero attached hydrogens (tertiary/aromatic N) is 2. The minimum Gasteiger partial charge on any atom is -0.383 e. The summed E-state index contributed by atoms with van der Waals surface area (Å²) >= 11 is 11.8. The highest BCUT2D eigenvalue weighted by atomic mass is 35.5. The SMILES string of the molecule is COCCn1ccc2c(Cl)nc(Cl)cc21. The van der Waals surface area contributed by atoms with Crippen molar-refractivity contribution in [2.45, 2.75) is 6.54 Å². The van der Waals surface area contributed by atoms with Gasteiger partial charge in [-0.3, -0.25) is 0 Å². The van der Waals surface area contributed by atoms with Crippen LogP contribution < -0.4 is 0 Å². The molecule has 0 aromatic carbocycles. The zero-order chi connectivity index (χ0) is 10.8. The molecule has 0 bridgehead atoms. The molecule has 0 unspecified atom stereocenters. The van der Waals surface area contributed by atoms with Crippen LogP contribution in [-0.4, -0.2) is 23.3 Å². The fourth-order valence-electron chi connectivity index (χ4n) is 1.50. The molecule has 2 aromatic rings. The van der Waals surface area contributed by atoms with Gasteiger partial charge in [0, 0.05) is 25.2 Å². The quantitative estimate of drug-likeness (QED) is 0.777. The molecule has 0 atom stereocenters. The van der Waals surface area contributed by atoms with Gasteiger partial charge < -0.3 is 9.30 Å². The molecule has 0 N–H and O–H groups in total. The highest BCUT2D eigenvalue weighted by Crippen LogP contribution is 2.25. The minimum absolute atomic E-state index is 0.407. The normalized spacial score (nSPS) is 11.1. The Hall–Kier alpha value is -0.770. The van der Waals surface area contributed by atoms with Gasteiger partial charge in [0.15, 0.2) is 0 Å². The molecule has 0 aliphatic heterocycles. The first-order valence-electron chi connectivity index (χ1n) is 4.52. The summed E-state index contributed by atoms with van der Waals surface area (Å²) < 4.78 is 7.06. The molecule has 2 rings (SSSR count). The molecule has 2 aromatic heterocycles. The molecule has 0 saturated heterocycles. The van der Waals surface area contributed by atoms with Crippen molar-refractivity contribution in [1.82, 2.24) is 9.55 Å². The fourth-order valence-corrected chi connectivity index (χ4v) is 1.99. The second-order valence-electron chi connectivity index (χ2n) is 3.17. The van der Waals surface area contributed by atoms with Crippen LogP contribution in [0, 0.1) is 0 Å². The largest absolute Gasteiger partial charge is 0.383 e. The van der Waals surface area contributed by atoms with E-state index in [1.165, 1.54) is 0 Å². The molecule has 0 fully saturated rings. The maximum Gasteiger partial charge on any atom is 0.140 e. The Bertz CT molecular complexity index is 481. The Kier molecular flexibility index (Phi) is 3.14. The first-order valence-corrected chi connectivity index (χ1v) is 5.28. The molecule has 15 heavy (non-hydrogen) atoms. The lowest BCUT2D eigenvalue weighted by molar-refractivity contribution is 0.188. The lowest BCUT2D eigenvalue weighted by Crippen LogP contribution is -2.02. The number of halogens is 2. The zero-order valence-electron chi connectivity index (χ0n) is 8.20. The van der Waals surface area contributed by atoms with Crippen molar-refractivity contribution in [1.29, 1.82) is 0 Å². The van der Waals surface area contributed by atoms with E-state index in [-0.39, 0.29) is 0 Å². The van der Waals surface area contributed by atoms with Crippen LogP contribution >= 0.6 is 23.2 Å². The van der Waals surface area contributed by atoms with Gasteiger partial charge in [0.05, 0.1) is 12.1 Å². The minimum atomic E-state index is 0.407. The monoisotopic (exact) mass is 244 g/mol. The third kappa shape index (κ3) is 2.09. The Morgan fingerprint density at radius 2 is 2.27 bits per heavy atom. The van der Waals surface area contributed by atoms with Gasteiger partial charge in [-0.05, 0) is 12.1 Å². The number of fused-ring (bicyclic) bond motifs is 1. The molecule has 0 aliphatic carbocycles. The van der Waals surface area contributed by atoms with E-state index in [1.807, 2.05) is 16.8 Å². The topological polar surface area (TPSA) is 27.1 Å². The van der Waals surface area contributed by atoms with Gasteiger partial charge in [-0.1, -0.05) is 23.2 Å². The van der Waals surface area contributed by atoms with E-state index in [2.05, 4.69) is 4.98 Å². The first-order chi connectivity index (χ1) is 7.22. The smallest absolute Gasteiger partial charge is 0.140 e. The van der Waals surface area contributed by atoms with E-state index in [9.17, 15) is 0 Å². The molecule has 5 heteroatoms. The van der Waals surface area contributed by atoms with E-state index >= 15 is 0 Å². The van der Waals surface area contributed by atoms with Crippen molar-refractivity contribution < 1.29 is 4.74 Å². The molecule has 0 radical (unpaired) electrons. The van der Waals surface area contributed by atoms with Crippen LogP contribution in [0.4, 0.5) is 0 Å². The van der Waals surface area contributed by atoms with E-state index in [1.54, 1.807) is 13.2 Å². The highest BCUT2D eigenvalue weighted by Gasteiger charge is 2.07. The van der Waals surface area contributed by atoms with Crippen LogP contribution in [-0.2, 0) is 11.3 Å². The Labute approximate surface area is 97.6 Å². The summed E-state index contributed by atoms with van der Waals surface area (Å²) in [6, 6.07) is 3.73. The van der Waals surface area contributed by atoms with Crippen molar-refractivity contribution in [2.24, 2.45) is 0 Å². The van der Waals surface area contributed by atoms with E-state index < -0.39 is 0 Å². The number of methoxy groups -OCH3 is 1. The van der Waals surface area contributed by atoms with Crippen LogP contribution in [0.3, 0.4) is 0 Å². The standard InChI is InChI=1S/C10H10Cl2N2O/c1-15-5-4-14-3-2-7-8(14)6-9(11)13-10(7)12/h2-3,6H,4-5H2,1H3. The lowest BCUT2D eigenvalue weighted by Gasteiger charge is -2.04. The average molecular weight is 245 g/mol. The summed E-state index contributed by atoms with van der Waals surface area (Å²) in [5.74, 6) is 0. The molecule has 0 spiro atoms. The zero-order valence-corrected chi connectivity index (χ0v) is 9.72. The van der Waals surface area contributed by atoms with Gasteiger partial charge in [-0.15, -0.1) is 0 Å². The maximum atomic E-state index is 5.97. The van der Waals surface area contributed by atoms with Gasteiger partial charge >= 0.3 is 0 Å². The number of rotatable bonds is 3. The molecule has 80 valence electrons. The summed E-state index contributed by atoms with van der Waals surface area (Å²) in [4.78, 5) is 3.98. The van der Waals surface area contributed by atoms with Crippen molar-refractivity contribution in [3.8, 4) is 0 Å². The third-order valence-electron chi connectivity index (χ3n) is 2.23. The summed E-state index contributed by atoms with van der Waals surface area (Å²) in [6.07, 6.45) is 1.95. The summed E-state index contributed by atoms with van der Waals surface area (Å²) in [6.45, 7) is 1.43.